The van der Waals surface area contributed by atoms with E-state index in [-0.39, 0.29) is 11.6 Å². The molecule has 27 heavy (non-hydrogen) atoms. The highest BCUT2D eigenvalue weighted by Gasteiger charge is 2.18. The number of hydrogen-bond acceptors (Lipinski definition) is 5. The maximum absolute atomic E-state index is 12.6. The highest BCUT2D eigenvalue weighted by Crippen LogP contribution is 2.17. The Kier molecular flexibility index (Phi) is 5.03. The topological polar surface area (TPSA) is 86.1 Å². The molecular weight excluding hydrogens is 344 g/mol. The van der Waals surface area contributed by atoms with E-state index in [1.54, 1.807) is 35.9 Å². The van der Waals surface area contributed by atoms with Crippen molar-refractivity contribution in [2.45, 2.75) is 20.8 Å². The summed E-state index contributed by atoms with van der Waals surface area (Å²) in [7, 11) is 1.32. The van der Waals surface area contributed by atoms with Gasteiger partial charge in [-0.15, -0.1) is 5.10 Å². The molecule has 1 amide bonds. The van der Waals surface area contributed by atoms with Crippen LogP contribution in [0.25, 0.3) is 5.69 Å². The molecule has 3 aromatic rings. The Morgan fingerprint density at radius 3 is 2.33 bits per heavy atom. The van der Waals surface area contributed by atoms with Crippen LogP contribution in [-0.4, -0.2) is 34.0 Å². The lowest BCUT2D eigenvalue weighted by Crippen LogP contribution is -2.14. The van der Waals surface area contributed by atoms with Crippen LogP contribution in [0, 0.1) is 20.8 Å². The lowest BCUT2D eigenvalue weighted by molar-refractivity contribution is 0.0600. The van der Waals surface area contributed by atoms with Crippen molar-refractivity contribution in [3.05, 3.63) is 70.5 Å². The molecule has 0 aliphatic carbocycles. The van der Waals surface area contributed by atoms with E-state index in [9.17, 15) is 9.59 Å². The van der Waals surface area contributed by atoms with E-state index in [4.69, 9.17) is 0 Å². The Labute approximate surface area is 157 Å². The van der Waals surface area contributed by atoms with Gasteiger partial charge in [-0.05, 0) is 68.3 Å². The first-order chi connectivity index (χ1) is 12.9. The number of aryl methyl sites for hydroxylation is 2. The number of methoxy groups -OCH3 is 1. The molecular formula is C20H20N4O3. The van der Waals surface area contributed by atoms with Crippen molar-refractivity contribution in [1.82, 2.24) is 15.0 Å². The van der Waals surface area contributed by atoms with Crippen molar-refractivity contribution < 1.29 is 14.3 Å². The standard InChI is InChI=1S/C20H20N4O3/c1-12-5-10-17(11-13(12)2)24-14(3)18(22-23-24)19(25)21-16-8-6-15(7-9-16)20(26)27-4/h5-11H,1-4H3,(H,21,25). The molecule has 7 nitrogen and oxygen atoms in total. The minimum absolute atomic E-state index is 0.241. The number of anilines is 1. The van der Waals surface area contributed by atoms with Crippen LogP contribution in [0.15, 0.2) is 42.5 Å². The van der Waals surface area contributed by atoms with Crippen molar-refractivity contribution in [2.24, 2.45) is 0 Å². The number of ether oxygens (including phenoxy) is 1. The summed E-state index contributed by atoms with van der Waals surface area (Å²) in [6.07, 6.45) is 0. The number of esters is 1. The van der Waals surface area contributed by atoms with Gasteiger partial charge in [0.1, 0.15) is 0 Å². The van der Waals surface area contributed by atoms with Crippen LogP contribution >= 0.6 is 0 Å². The van der Waals surface area contributed by atoms with Crippen LogP contribution in [-0.2, 0) is 4.74 Å². The zero-order valence-corrected chi connectivity index (χ0v) is 15.6. The Bertz CT molecular complexity index is 1010. The van der Waals surface area contributed by atoms with Crippen LogP contribution in [0.2, 0.25) is 0 Å². The molecule has 138 valence electrons. The summed E-state index contributed by atoms with van der Waals surface area (Å²) < 4.78 is 6.30. The fourth-order valence-electron chi connectivity index (χ4n) is 2.64. The SMILES string of the molecule is COC(=O)c1ccc(NC(=O)c2nnn(-c3ccc(C)c(C)c3)c2C)cc1. The molecule has 1 aromatic heterocycles. The van der Waals surface area contributed by atoms with E-state index in [0.29, 0.717) is 16.9 Å². The Hall–Kier alpha value is -3.48. The Balaban J connectivity index is 1.80. The smallest absolute Gasteiger partial charge is 0.337 e. The van der Waals surface area contributed by atoms with Gasteiger partial charge >= 0.3 is 5.97 Å². The molecule has 0 saturated carbocycles. The third-order valence-electron chi connectivity index (χ3n) is 4.41. The van der Waals surface area contributed by atoms with Crippen molar-refractivity contribution in [1.29, 1.82) is 0 Å². The first kappa shape index (κ1) is 18.3. The summed E-state index contributed by atoms with van der Waals surface area (Å²) in [6, 6.07) is 12.4. The highest BCUT2D eigenvalue weighted by atomic mass is 16.5. The molecule has 0 saturated heterocycles. The van der Waals surface area contributed by atoms with Gasteiger partial charge in [0.15, 0.2) is 5.69 Å². The van der Waals surface area contributed by atoms with E-state index in [2.05, 4.69) is 20.4 Å². The molecule has 3 rings (SSSR count). The van der Waals surface area contributed by atoms with Crippen molar-refractivity contribution in [3.8, 4) is 5.69 Å². The fourth-order valence-corrected chi connectivity index (χ4v) is 2.64. The number of carbonyl (C=O) groups excluding carboxylic acids is 2. The zero-order chi connectivity index (χ0) is 19.6. The second kappa shape index (κ2) is 7.41. The lowest BCUT2D eigenvalue weighted by Gasteiger charge is -2.07. The summed E-state index contributed by atoms with van der Waals surface area (Å²) in [5.41, 5.74) is 5.01. The van der Waals surface area contributed by atoms with E-state index < -0.39 is 5.97 Å². The number of rotatable bonds is 4. The molecule has 0 bridgehead atoms. The van der Waals surface area contributed by atoms with Crippen LogP contribution in [0.1, 0.15) is 37.7 Å². The Morgan fingerprint density at radius 1 is 1.00 bits per heavy atom. The minimum atomic E-state index is -0.431. The first-order valence-corrected chi connectivity index (χ1v) is 8.40. The zero-order valence-electron chi connectivity index (χ0n) is 15.6. The second-order valence-electron chi connectivity index (χ2n) is 6.23. The van der Waals surface area contributed by atoms with Gasteiger partial charge in [0.25, 0.3) is 5.91 Å². The number of hydrogen-bond donors (Lipinski definition) is 1. The average Bonchev–Trinajstić information content (AvgIpc) is 3.05. The molecule has 0 radical (unpaired) electrons. The van der Waals surface area contributed by atoms with Gasteiger partial charge in [0, 0.05) is 5.69 Å². The quantitative estimate of drug-likeness (QED) is 0.718. The predicted octanol–water partition coefficient (Wildman–Crippen LogP) is 3.23. The van der Waals surface area contributed by atoms with Gasteiger partial charge < -0.3 is 10.1 Å². The van der Waals surface area contributed by atoms with E-state index >= 15 is 0 Å². The number of benzene rings is 2. The average molecular weight is 364 g/mol. The number of nitrogens with one attached hydrogen (secondary N) is 1. The molecule has 2 aromatic carbocycles. The number of carbonyl (C=O) groups is 2. The molecule has 1 heterocycles. The molecule has 0 aliphatic heterocycles. The fraction of sp³-hybridized carbons (Fsp3) is 0.200. The van der Waals surface area contributed by atoms with Gasteiger partial charge in [-0.1, -0.05) is 11.3 Å². The molecule has 0 spiro atoms. The van der Waals surface area contributed by atoms with Gasteiger partial charge in [0.2, 0.25) is 0 Å². The molecule has 0 unspecified atom stereocenters. The molecule has 0 aliphatic rings. The van der Waals surface area contributed by atoms with Gasteiger partial charge in [0.05, 0.1) is 24.1 Å². The summed E-state index contributed by atoms with van der Waals surface area (Å²) >= 11 is 0. The minimum Gasteiger partial charge on any atom is -0.465 e. The maximum atomic E-state index is 12.6. The molecule has 0 atom stereocenters. The van der Waals surface area contributed by atoms with E-state index in [0.717, 1.165) is 11.3 Å². The van der Waals surface area contributed by atoms with Gasteiger partial charge in [-0.2, -0.15) is 0 Å². The normalized spacial score (nSPS) is 10.5. The van der Waals surface area contributed by atoms with E-state index in [1.807, 2.05) is 32.0 Å². The maximum Gasteiger partial charge on any atom is 0.337 e. The summed E-state index contributed by atoms with van der Waals surface area (Å²) in [5.74, 6) is -0.798. The van der Waals surface area contributed by atoms with Gasteiger partial charge in [-0.3, -0.25) is 4.79 Å². The second-order valence-corrected chi connectivity index (χ2v) is 6.23. The van der Waals surface area contributed by atoms with Crippen molar-refractivity contribution >= 4 is 17.6 Å². The van der Waals surface area contributed by atoms with Crippen LogP contribution < -0.4 is 5.32 Å². The number of nitrogens with zero attached hydrogens (tertiary/aromatic N) is 3. The van der Waals surface area contributed by atoms with Gasteiger partial charge in [-0.25, -0.2) is 9.48 Å². The third kappa shape index (κ3) is 3.72. The van der Waals surface area contributed by atoms with Crippen LogP contribution in [0.3, 0.4) is 0 Å². The molecule has 1 N–H and O–H groups in total. The third-order valence-corrected chi connectivity index (χ3v) is 4.41. The number of amides is 1. The molecule has 7 heteroatoms. The monoisotopic (exact) mass is 364 g/mol. The first-order valence-electron chi connectivity index (χ1n) is 8.40. The summed E-state index contributed by atoms with van der Waals surface area (Å²) in [4.78, 5) is 24.0. The number of aromatic nitrogens is 3. The summed E-state index contributed by atoms with van der Waals surface area (Å²) in [6.45, 7) is 5.86. The largest absolute Gasteiger partial charge is 0.465 e. The van der Waals surface area contributed by atoms with Crippen molar-refractivity contribution in [2.75, 3.05) is 12.4 Å². The van der Waals surface area contributed by atoms with Crippen LogP contribution in [0.5, 0.6) is 0 Å². The molecule has 0 fully saturated rings. The highest BCUT2D eigenvalue weighted by molar-refractivity contribution is 6.03. The van der Waals surface area contributed by atoms with Crippen molar-refractivity contribution in [3.63, 3.8) is 0 Å². The van der Waals surface area contributed by atoms with Crippen LogP contribution in [0.4, 0.5) is 5.69 Å². The van der Waals surface area contributed by atoms with E-state index in [1.165, 1.54) is 12.7 Å². The Morgan fingerprint density at radius 2 is 1.70 bits per heavy atom. The lowest BCUT2D eigenvalue weighted by atomic mass is 10.1. The summed E-state index contributed by atoms with van der Waals surface area (Å²) in [5, 5.41) is 10.9. The predicted molar refractivity (Wildman–Crippen MR) is 101 cm³/mol.